The minimum atomic E-state index is 0.700. The highest BCUT2D eigenvalue weighted by Crippen LogP contribution is 2.16. The standard InChI is InChI=1S/C14H22N2S/c1-10(2)7-8-15-14(17)16-13-9-11(3)5-6-12(13)4/h5-6,9-10H,7-8H2,1-4H3,(H2,15,16,17). The van der Waals surface area contributed by atoms with Crippen molar-refractivity contribution in [3.63, 3.8) is 0 Å². The number of anilines is 1. The molecule has 0 spiro atoms. The van der Waals surface area contributed by atoms with Crippen molar-refractivity contribution in [1.29, 1.82) is 0 Å². The summed E-state index contributed by atoms with van der Waals surface area (Å²) in [5.41, 5.74) is 3.54. The van der Waals surface area contributed by atoms with Crippen LogP contribution in [0, 0.1) is 19.8 Å². The Morgan fingerprint density at radius 3 is 2.65 bits per heavy atom. The highest BCUT2D eigenvalue weighted by atomic mass is 32.1. The van der Waals surface area contributed by atoms with Gasteiger partial charge in [0.25, 0.3) is 0 Å². The molecule has 2 nitrogen and oxygen atoms in total. The summed E-state index contributed by atoms with van der Waals surface area (Å²) < 4.78 is 0. The molecule has 3 heteroatoms. The number of nitrogens with one attached hydrogen (secondary N) is 2. The van der Waals surface area contributed by atoms with Crippen LogP contribution in [-0.4, -0.2) is 11.7 Å². The molecule has 0 aliphatic heterocycles. The quantitative estimate of drug-likeness (QED) is 0.798. The van der Waals surface area contributed by atoms with E-state index in [2.05, 4.69) is 56.5 Å². The van der Waals surface area contributed by atoms with Crippen LogP contribution >= 0.6 is 12.2 Å². The number of rotatable bonds is 4. The molecule has 0 bridgehead atoms. The summed E-state index contributed by atoms with van der Waals surface area (Å²) in [5, 5.41) is 7.18. The van der Waals surface area contributed by atoms with Crippen LogP contribution in [0.15, 0.2) is 18.2 Å². The van der Waals surface area contributed by atoms with Crippen LogP contribution in [0.3, 0.4) is 0 Å². The van der Waals surface area contributed by atoms with Crippen LogP contribution in [0.2, 0.25) is 0 Å². The molecule has 1 aromatic rings. The fraction of sp³-hybridized carbons (Fsp3) is 0.500. The van der Waals surface area contributed by atoms with Crippen molar-refractivity contribution in [2.45, 2.75) is 34.1 Å². The predicted molar refractivity (Wildman–Crippen MR) is 79.6 cm³/mol. The molecule has 0 amide bonds. The first-order chi connectivity index (χ1) is 7.99. The molecule has 0 radical (unpaired) electrons. The van der Waals surface area contributed by atoms with Gasteiger partial charge >= 0.3 is 0 Å². The monoisotopic (exact) mass is 250 g/mol. The van der Waals surface area contributed by atoms with E-state index in [1.165, 1.54) is 11.1 Å². The second-order valence-electron chi connectivity index (χ2n) is 4.88. The van der Waals surface area contributed by atoms with Crippen molar-refractivity contribution < 1.29 is 0 Å². The summed E-state index contributed by atoms with van der Waals surface area (Å²) in [6, 6.07) is 6.33. The second-order valence-corrected chi connectivity index (χ2v) is 5.29. The zero-order valence-electron chi connectivity index (χ0n) is 11.1. The Balaban J connectivity index is 2.47. The van der Waals surface area contributed by atoms with Gasteiger partial charge in [-0.05, 0) is 55.6 Å². The second kappa shape index (κ2) is 6.60. The van der Waals surface area contributed by atoms with E-state index in [1.807, 2.05) is 0 Å². The maximum Gasteiger partial charge on any atom is 0.170 e. The average Bonchev–Trinajstić information content (AvgIpc) is 2.23. The fourth-order valence-corrected chi connectivity index (χ4v) is 1.72. The summed E-state index contributed by atoms with van der Waals surface area (Å²) in [7, 11) is 0. The first-order valence-corrected chi connectivity index (χ1v) is 6.52. The SMILES string of the molecule is Cc1ccc(C)c(NC(=S)NCCC(C)C)c1. The van der Waals surface area contributed by atoms with Crippen molar-refractivity contribution in [2.24, 2.45) is 5.92 Å². The van der Waals surface area contributed by atoms with E-state index in [0.717, 1.165) is 18.7 Å². The molecule has 0 atom stereocenters. The third kappa shape index (κ3) is 5.18. The molecule has 17 heavy (non-hydrogen) atoms. The van der Waals surface area contributed by atoms with Crippen molar-refractivity contribution in [3.8, 4) is 0 Å². The highest BCUT2D eigenvalue weighted by molar-refractivity contribution is 7.80. The number of hydrogen-bond donors (Lipinski definition) is 2. The molecule has 0 heterocycles. The van der Waals surface area contributed by atoms with Gasteiger partial charge in [0.15, 0.2) is 5.11 Å². The lowest BCUT2D eigenvalue weighted by molar-refractivity contribution is 0.579. The molecule has 0 saturated carbocycles. The molecule has 0 aliphatic rings. The number of benzene rings is 1. The number of aryl methyl sites for hydroxylation is 2. The van der Waals surface area contributed by atoms with E-state index in [1.54, 1.807) is 0 Å². The minimum absolute atomic E-state index is 0.700. The average molecular weight is 250 g/mol. The Morgan fingerprint density at radius 1 is 1.29 bits per heavy atom. The number of thiocarbonyl (C=S) groups is 1. The van der Waals surface area contributed by atoms with Crippen molar-refractivity contribution in [1.82, 2.24) is 5.32 Å². The molecule has 2 N–H and O–H groups in total. The van der Waals surface area contributed by atoms with Crippen molar-refractivity contribution in [2.75, 3.05) is 11.9 Å². The van der Waals surface area contributed by atoms with E-state index in [0.29, 0.717) is 11.0 Å². The first kappa shape index (κ1) is 14.0. The van der Waals surface area contributed by atoms with Crippen LogP contribution in [0.5, 0.6) is 0 Å². The Kier molecular flexibility index (Phi) is 5.42. The summed E-state index contributed by atoms with van der Waals surface area (Å²) in [6.45, 7) is 9.51. The van der Waals surface area contributed by atoms with E-state index in [-0.39, 0.29) is 0 Å². The summed E-state index contributed by atoms with van der Waals surface area (Å²) in [4.78, 5) is 0. The van der Waals surface area contributed by atoms with E-state index in [9.17, 15) is 0 Å². The van der Waals surface area contributed by atoms with E-state index < -0.39 is 0 Å². The first-order valence-electron chi connectivity index (χ1n) is 6.11. The lowest BCUT2D eigenvalue weighted by atomic mass is 10.1. The third-order valence-corrected chi connectivity index (χ3v) is 2.89. The minimum Gasteiger partial charge on any atom is -0.362 e. The van der Waals surface area contributed by atoms with Crippen molar-refractivity contribution in [3.05, 3.63) is 29.3 Å². The smallest absolute Gasteiger partial charge is 0.170 e. The van der Waals surface area contributed by atoms with Crippen LogP contribution in [0.25, 0.3) is 0 Å². The van der Waals surface area contributed by atoms with Gasteiger partial charge in [-0.2, -0.15) is 0 Å². The Labute approximate surface area is 110 Å². The predicted octanol–water partition coefficient (Wildman–Crippen LogP) is 3.64. The summed E-state index contributed by atoms with van der Waals surface area (Å²) in [5.74, 6) is 0.700. The zero-order valence-corrected chi connectivity index (χ0v) is 11.9. The van der Waals surface area contributed by atoms with Gasteiger partial charge in [0, 0.05) is 12.2 Å². The Hall–Kier alpha value is -1.09. The van der Waals surface area contributed by atoms with Crippen LogP contribution in [-0.2, 0) is 0 Å². The molecule has 94 valence electrons. The van der Waals surface area contributed by atoms with Gasteiger partial charge in [-0.1, -0.05) is 26.0 Å². The Bertz CT molecular complexity index is 386. The maximum atomic E-state index is 5.27. The van der Waals surface area contributed by atoms with Gasteiger partial charge < -0.3 is 10.6 Å². The zero-order chi connectivity index (χ0) is 12.8. The molecular weight excluding hydrogens is 228 g/mol. The lowest BCUT2D eigenvalue weighted by Gasteiger charge is -2.13. The van der Waals surface area contributed by atoms with Crippen LogP contribution in [0.4, 0.5) is 5.69 Å². The van der Waals surface area contributed by atoms with Gasteiger partial charge in [-0.3, -0.25) is 0 Å². The van der Waals surface area contributed by atoms with Gasteiger partial charge in [0.05, 0.1) is 0 Å². The lowest BCUT2D eigenvalue weighted by Crippen LogP contribution is -2.30. The molecule has 1 aromatic carbocycles. The molecule has 1 rings (SSSR count). The largest absolute Gasteiger partial charge is 0.362 e. The molecule has 0 aliphatic carbocycles. The molecule has 0 saturated heterocycles. The maximum absolute atomic E-state index is 5.27. The van der Waals surface area contributed by atoms with Gasteiger partial charge in [0.2, 0.25) is 0 Å². The highest BCUT2D eigenvalue weighted by Gasteiger charge is 2.01. The van der Waals surface area contributed by atoms with E-state index in [4.69, 9.17) is 12.2 Å². The van der Waals surface area contributed by atoms with Crippen molar-refractivity contribution >= 4 is 23.0 Å². The molecular formula is C14H22N2S. The van der Waals surface area contributed by atoms with Gasteiger partial charge in [-0.25, -0.2) is 0 Å². The summed E-state index contributed by atoms with van der Waals surface area (Å²) in [6.07, 6.45) is 1.13. The normalized spacial score (nSPS) is 10.4. The van der Waals surface area contributed by atoms with Crippen LogP contribution in [0.1, 0.15) is 31.4 Å². The fourth-order valence-electron chi connectivity index (χ4n) is 1.51. The third-order valence-electron chi connectivity index (χ3n) is 2.65. The van der Waals surface area contributed by atoms with Gasteiger partial charge in [-0.15, -0.1) is 0 Å². The summed E-state index contributed by atoms with van der Waals surface area (Å²) >= 11 is 5.27. The molecule has 0 unspecified atom stereocenters. The molecule has 0 fully saturated rings. The Morgan fingerprint density at radius 2 is 2.00 bits per heavy atom. The van der Waals surface area contributed by atoms with Crippen LogP contribution < -0.4 is 10.6 Å². The topological polar surface area (TPSA) is 24.1 Å². The van der Waals surface area contributed by atoms with E-state index >= 15 is 0 Å². The number of hydrogen-bond acceptors (Lipinski definition) is 1. The van der Waals surface area contributed by atoms with Gasteiger partial charge in [0.1, 0.15) is 0 Å². The molecule has 0 aromatic heterocycles.